The normalized spacial score (nSPS) is 10.7. The second-order valence-corrected chi connectivity index (χ2v) is 8.93. The summed E-state index contributed by atoms with van der Waals surface area (Å²) in [6.07, 6.45) is 0. The Hall–Kier alpha value is -2.51. The molecule has 0 bridgehead atoms. The standard InChI is InChI=1S/C22H22BrN3O2S/c1-11-8-13(3)18(14(4)9-11)25-21(28)19-15(5)24-22(29-19)26-20(27)16-6-7-17(23)12(2)10-16/h6-10H,1-5H3,(H,25,28)(H,24,26,27). The molecule has 0 fully saturated rings. The predicted molar refractivity (Wildman–Crippen MR) is 122 cm³/mol. The second kappa shape index (κ2) is 8.47. The van der Waals surface area contributed by atoms with Crippen LogP contribution in [0.1, 0.15) is 48.0 Å². The van der Waals surface area contributed by atoms with Gasteiger partial charge in [0.2, 0.25) is 0 Å². The number of nitrogens with zero attached hydrogens (tertiary/aromatic N) is 1. The van der Waals surface area contributed by atoms with Crippen molar-refractivity contribution in [3.8, 4) is 0 Å². The van der Waals surface area contributed by atoms with Crippen molar-refractivity contribution in [2.24, 2.45) is 0 Å². The Kier molecular flexibility index (Phi) is 6.19. The van der Waals surface area contributed by atoms with Crippen molar-refractivity contribution in [2.75, 3.05) is 10.6 Å². The van der Waals surface area contributed by atoms with Gasteiger partial charge in [0.1, 0.15) is 4.88 Å². The monoisotopic (exact) mass is 471 g/mol. The number of amides is 2. The van der Waals surface area contributed by atoms with Crippen LogP contribution in [0, 0.1) is 34.6 Å². The molecule has 2 aromatic carbocycles. The summed E-state index contributed by atoms with van der Waals surface area (Å²) in [6, 6.07) is 9.45. The molecule has 1 heterocycles. The van der Waals surface area contributed by atoms with Crippen LogP contribution in [-0.2, 0) is 0 Å². The van der Waals surface area contributed by atoms with Gasteiger partial charge < -0.3 is 5.32 Å². The lowest BCUT2D eigenvalue weighted by Crippen LogP contribution is -2.13. The van der Waals surface area contributed by atoms with Gasteiger partial charge in [-0.05, 0) is 69.5 Å². The third-order valence-electron chi connectivity index (χ3n) is 4.56. The predicted octanol–water partition coefficient (Wildman–Crippen LogP) is 5.95. The van der Waals surface area contributed by atoms with Crippen LogP contribution in [0.25, 0.3) is 0 Å². The number of aromatic nitrogens is 1. The lowest BCUT2D eigenvalue weighted by Gasteiger charge is -2.12. The molecule has 0 radical (unpaired) electrons. The summed E-state index contributed by atoms with van der Waals surface area (Å²) in [5, 5.41) is 6.18. The molecule has 7 heteroatoms. The van der Waals surface area contributed by atoms with E-state index >= 15 is 0 Å². The summed E-state index contributed by atoms with van der Waals surface area (Å²) in [7, 11) is 0. The van der Waals surface area contributed by atoms with Gasteiger partial charge in [-0.2, -0.15) is 0 Å². The Morgan fingerprint density at radius 3 is 2.17 bits per heavy atom. The van der Waals surface area contributed by atoms with Gasteiger partial charge in [0.25, 0.3) is 11.8 Å². The van der Waals surface area contributed by atoms with Crippen molar-refractivity contribution in [1.29, 1.82) is 0 Å². The smallest absolute Gasteiger partial charge is 0.267 e. The van der Waals surface area contributed by atoms with Gasteiger partial charge in [-0.3, -0.25) is 14.9 Å². The van der Waals surface area contributed by atoms with E-state index in [-0.39, 0.29) is 11.8 Å². The highest BCUT2D eigenvalue weighted by atomic mass is 79.9. The molecule has 2 amide bonds. The van der Waals surface area contributed by atoms with Crippen LogP contribution in [-0.4, -0.2) is 16.8 Å². The molecular formula is C22H22BrN3O2S. The van der Waals surface area contributed by atoms with E-state index in [1.165, 1.54) is 11.3 Å². The van der Waals surface area contributed by atoms with Crippen molar-refractivity contribution in [2.45, 2.75) is 34.6 Å². The first-order valence-electron chi connectivity index (χ1n) is 9.10. The minimum absolute atomic E-state index is 0.227. The molecule has 3 aromatic rings. The molecule has 150 valence electrons. The fourth-order valence-corrected chi connectivity index (χ4v) is 4.27. The van der Waals surface area contributed by atoms with Gasteiger partial charge >= 0.3 is 0 Å². The van der Waals surface area contributed by atoms with E-state index in [1.807, 2.05) is 45.9 Å². The Balaban J connectivity index is 1.78. The molecule has 0 aliphatic heterocycles. The van der Waals surface area contributed by atoms with Gasteiger partial charge in [-0.15, -0.1) is 0 Å². The maximum absolute atomic E-state index is 12.8. The van der Waals surface area contributed by atoms with Crippen molar-refractivity contribution in [3.05, 3.63) is 73.2 Å². The summed E-state index contributed by atoms with van der Waals surface area (Å²) < 4.78 is 0.944. The number of carbonyl (C=O) groups excluding carboxylic acids is 2. The third-order valence-corrected chi connectivity index (χ3v) is 6.52. The fourth-order valence-electron chi connectivity index (χ4n) is 3.16. The zero-order valence-corrected chi connectivity index (χ0v) is 19.3. The molecule has 2 N–H and O–H groups in total. The maximum atomic E-state index is 12.8. The number of hydrogen-bond acceptors (Lipinski definition) is 4. The van der Waals surface area contributed by atoms with Gasteiger partial charge in [0.15, 0.2) is 5.13 Å². The van der Waals surface area contributed by atoms with E-state index in [0.717, 1.165) is 32.4 Å². The topological polar surface area (TPSA) is 71.1 Å². The van der Waals surface area contributed by atoms with Crippen LogP contribution in [0.15, 0.2) is 34.8 Å². The van der Waals surface area contributed by atoms with Crippen molar-refractivity contribution >= 4 is 49.9 Å². The quantitative estimate of drug-likeness (QED) is 0.493. The van der Waals surface area contributed by atoms with Crippen LogP contribution in [0.4, 0.5) is 10.8 Å². The number of thiazole rings is 1. The summed E-state index contributed by atoms with van der Waals surface area (Å²) in [6.45, 7) is 9.66. The second-order valence-electron chi connectivity index (χ2n) is 7.08. The first kappa shape index (κ1) is 21.2. The highest BCUT2D eigenvalue weighted by Crippen LogP contribution is 2.27. The molecule has 0 spiro atoms. The van der Waals surface area contributed by atoms with Crippen molar-refractivity contribution < 1.29 is 9.59 Å². The zero-order valence-electron chi connectivity index (χ0n) is 16.9. The minimum Gasteiger partial charge on any atom is -0.321 e. The van der Waals surface area contributed by atoms with Crippen molar-refractivity contribution in [3.63, 3.8) is 0 Å². The van der Waals surface area contributed by atoms with Crippen molar-refractivity contribution in [1.82, 2.24) is 4.98 Å². The van der Waals surface area contributed by atoms with Gasteiger partial charge in [-0.1, -0.05) is 45.0 Å². The number of rotatable bonds is 4. The lowest BCUT2D eigenvalue weighted by molar-refractivity contribution is 0.102. The number of aryl methyl sites for hydroxylation is 5. The summed E-state index contributed by atoms with van der Waals surface area (Å²) in [4.78, 5) is 30.2. The molecular weight excluding hydrogens is 450 g/mol. The molecule has 0 aliphatic carbocycles. The van der Waals surface area contributed by atoms with E-state index < -0.39 is 0 Å². The van der Waals surface area contributed by atoms with Crippen LogP contribution in [0.2, 0.25) is 0 Å². The van der Waals surface area contributed by atoms with E-state index in [0.29, 0.717) is 21.3 Å². The maximum Gasteiger partial charge on any atom is 0.267 e. The number of benzene rings is 2. The van der Waals surface area contributed by atoms with Crippen LogP contribution < -0.4 is 10.6 Å². The molecule has 0 saturated carbocycles. The number of hydrogen-bond donors (Lipinski definition) is 2. The van der Waals surface area contributed by atoms with Gasteiger partial charge in [-0.25, -0.2) is 4.98 Å². The Morgan fingerprint density at radius 2 is 1.55 bits per heavy atom. The van der Waals surface area contributed by atoms with E-state index in [2.05, 4.69) is 31.5 Å². The Bertz CT molecular complexity index is 1100. The van der Waals surface area contributed by atoms with Crippen LogP contribution in [0.3, 0.4) is 0 Å². The lowest BCUT2D eigenvalue weighted by atomic mass is 10.1. The SMILES string of the molecule is Cc1cc(C)c(NC(=O)c2sc(NC(=O)c3ccc(Br)c(C)c3)nc2C)c(C)c1. The number of halogens is 1. The average Bonchev–Trinajstić information content (AvgIpc) is 3.00. The average molecular weight is 472 g/mol. The van der Waals surface area contributed by atoms with Gasteiger partial charge in [0.05, 0.1) is 5.69 Å². The summed E-state index contributed by atoms with van der Waals surface area (Å²) in [5.74, 6) is -0.485. The highest BCUT2D eigenvalue weighted by Gasteiger charge is 2.19. The van der Waals surface area contributed by atoms with Crippen LogP contribution >= 0.6 is 27.3 Å². The molecule has 0 aliphatic rings. The number of nitrogens with one attached hydrogen (secondary N) is 2. The third kappa shape index (κ3) is 4.74. The van der Waals surface area contributed by atoms with E-state index in [9.17, 15) is 9.59 Å². The molecule has 3 rings (SSSR count). The molecule has 0 saturated heterocycles. The zero-order chi connectivity index (χ0) is 21.3. The van der Waals surface area contributed by atoms with Gasteiger partial charge in [0, 0.05) is 15.7 Å². The number of anilines is 2. The molecule has 0 unspecified atom stereocenters. The first-order valence-corrected chi connectivity index (χ1v) is 10.7. The largest absolute Gasteiger partial charge is 0.321 e. The molecule has 5 nitrogen and oxygen atoms in total. The Morgan fingerprint density at radius 1 is 0.897 bits per heavy atom. The summed E-state index contributed by atoms with van der Waals surface area (Å²) in [5.41, 5.74) is 6.07. The number of carbonyl (C=O) groups is 2. The first-order chi connectivity index (χ1) is 13.7. The minimum atomic E-state index is -0.258. The molecule has 0 atom stereocenters. The summed E-state index contributed by atoms with van der Waals surface area (Å²) >= 11 is 4.60. The van der Waals surface area contributed by atoms with Crippen LogP contribution in [0.5, 0.6) is 0 Å². The Labute approximate surface area is 182 Å². The molecule has 29 heavy (non-hydrogen) atoms. The fraction of sp³-hybridized carbons (Fsp3) is 0.227. The highest BCUT2D eigenvalue weighted by molar-refractivity contribution is 9.10. The van der Waals surface area contributed by atoms with E-state index in [4.69, 9.17) is 0 Å². The molecule has 1 aromatic heterocycles. The van der Waals surface area contributed by atoms with E-state index in [1.54, 1.807) is 19.1 Å².